The van der Waals surface area contributed by atoms with E-state index in [-0.39, 0.29) is 5.75 Å². The SMILES string of the molecule is Oc1ccc2nc(-c3cccc(N4CCc5ccccc5C4)c3)[nH]c2c1. The number of rotatable bonds is 2. The Morgan fingerprint density at radius 2 is 1.81 bits per heavy atom. The molecule has 1 aromatic heterocycles. The van der Waals surface area contributed by atoms with Crippen molar-refractivity contribution in [1.82, 2.24) is 9.97 Å². The van der Waals surface area contributed by atoms with Gasteiger partial charge in [-0.1, -0.05) is 36.4 Å². The molecule has 2 heterocycles. The summed E-state index contributed by atoms with van der Waals surface area (Å²) in [6, 6.07) is 22.4. The topological polar surface area (TPSA) is 52.2 Å². The van der Waals surface area contributed by atoms with Crippen LogP contribution >= 0.6 is 0 Å². The summed E-state index contributed by atoms with van der Waals surface area (Å²) in [5.41, 5.74) is 6.82. The van der Waals surface area contributed by atoms with Gasteiger partial charge in [-0.3, -0.25) is 0 Å². The zero-order valence-electron chi connectivity index (χ0n) is 14.3. The zero-order valence-corrected chi connectivity index (χ0v) is 14.3. The lowest BCUT2D eigenvalue weighted by atomic mass is 9.99. The second-order valence-electron chi connectivity index (χ2n) is 6.78. The Morgan fingerprint density at radius 3 is 2.73 bits per heavy atom. The Hall–Kier alpha value is -3.27. The van der Waals surface area contributed by atoms with E-state index in [2.05, 4.69) is 63.4 Å². The number of H-pyrrole nitrogens is 1. The van der Waals surface area contributed by atoms with E-state index in [0.717, 1.165) is 41.9 Å². The molecule has 5 rings (SSSR count). The molecule has 0 bridgehead atoms. The first kappa shape index (κ1) is 15.0. The van der Waals surface area contributed by atoms with Crippen molar-refractivity contribution in [2.75, 3.05) is 11.4 Å². The average molecular weight is 341 g/mol. The van der Waals surface area contributed by atoms with Crippen LogP contribution < -0.4 is 4.90 Å². The summed E-state index contributed by atoms with van der Waals surface area (Å²) in [5, 5.41) is 9.65. The quantitative estimate of drug-likeness (QED) is 0.564. The van der Waals surface area contributed by atoms with Crippen LogP contribution in [0.4, 0.5) is 5.69 Å². The summed E-state index contributed by atoms with van der Waals surface area (Å²) in [6.45, 7) is 1.96. The molecule has 4 aromatic rings. The maximum absolute atomic E-state index is 9.65. The minimum atomic E-state index is 0.244. The molecule has 0 spiro atoms. The smallest absolute Gasteiger partial charge is 0.138 e. The zero-order chi connectivity index (χ0) is 17.5. The third-order valence-electron chi connectivity index (χ3n) is 5.08. The molecule has 4 nitrogen and oxygen atoms in total. The van der Waals surface area contributed by atoms with Gasteiger partial charge in [-0.15, -0.1) is 0 Å². The van der Waals surface area contributed by atoms with Crippen LogP contribution in [0, 0.1) is 0 Å². The summed E-state index contributed by atoms with van der Waals surface area (Å²) in [7, 11) is 0. The van der Waals surface area contributed by atoms with Crippen molar-refractivity contribution in [2.45, 2.75) is 13.0 Å². The number of imidazole rings is 1. The van der Waals surface area contributed by atoms with Crippen LogP contribution in [-0.4, -0.2) is 21.6 Å². The van der Waals surface area contributed by atoms with Crippen molar-refractivity contribution in [2.24, 2.45) is 0 Å². The van der Waals surface area contributed by atoms with E-state index in [9.17, 15) is 5.11 Å². The monoisotopic (exact) mass is 341 g/mol. The molecule has 1 aliphatic rings. The highest BCUT2D eigenvalue weighted by molar-refractivity contribution is 5.81. The summed E-state index contributed by atoms with van der Waals surface area (Å²) >= 11 is 0. The molecule has 0 amide bonds. The van der Waals surface area contributed by atoms with Gasteiger partial charge in [0.2, 0.25) is 0 Å². The molecule has 26 heavy (non-hydrogen) atoms. The van der Waals surface area contributed by atoms with Gasteiger partial charge in [-0.25, -0.2) is 4.98 Å². The van der Waals surface area contributed by atoms with Gasteiger partial charge in [0.25, 0.3) is 0 Å². The number of phenols is 1. The van der Waals surface area contributed by atoms with E-state index in [4.69, 9.17) is 0 Å². The Balaban J connectivity index is 1.49. The predicted octanol–water partition coefficient (Wildman–Crippen LogP) is 4.50. The lowest BCUT2D eigenvalue weighted by molar-refractivity contribution is 0.476. The van der Waals surface area contributed by atoms with Crippen molar-refractivity contribution in [3.05, 3.63) is 77.9 Å². The van der Waals surface area contributed by atoms with E-state index >= 15 is 0 Å². The Bertz CT molecular complexity index is 1100. The minimum absolute atomic E-state index is 0.244. The maximum Gasteiger partial charge on any atom is 0.138 e. The van der Waals surface area contributed by atoms with Gasteiger partial charge in [-0.2, -0.15) is 0 Å². The molecule has 0 unspecified atom stereocenters. The highest BCUT2D eigenvalue weighted by atomic mass is 16.3. The van der Waals surface area contributed by atoms with Crippen molar-refractivity contribution in [3.63, 3.8) is 0 Å². The summed E-state index contributed by atoms with van der Waals surface area (Å²) < 4.78 is 0. The summed E-state index contributed by atoms with van der Waals surface area (Å²) in [6.07, 6.45) is 1.07. The number of anilines is 1. The third-order valence-corrected chi connectivity index (χ3v) is 5.08. The van der Waals surface area contributed by atoms with Gasteiger partial charge >= 0.3 is 0 Å². The molecule has 0 aliphatic carbocycles. The normalized spacial score (nSPS) is 13.8. The van der Waals surface area contributed by atoms with Crippen LogP contribution in [-0.2, 0) is 13.0 Å². The number of aromatic amines is 1. The van der Waals surface area contributed by atoms with Crippen LogP contribution in [0.25, 0.3) is 22.4 Å². The Labute approximate surface area is 151 Å². The number of fused-ring (bicyclic) bond motifs is 2. The summed E-state index contributed by atoms with van der Waals surface area (Å²) in [4.78, 5) is 10.4. The predicted molar refractivity (Wildman–Crippen MR) is 104 cm³/mol. The average Bonchev–Trinajstić information content (AvgIpc) is 3.11. The van der Waals surface area contributed by atoms with Crippen molar-refractivity contribution >= 4 is 16.7 Å². The number of benzene rings is 3. The molecule has 2 N–H and O–H groups in total. The van der Waals surface area contributed by atoms with Crippen LogP contribution in [0.2, 0.25) is 0 Å². The number of aromatic hydroxyl groups is 1. The fourth-order valence-corrected chi connectivity index (χ4v) is 3.70. The molecular formula is C22H19N3O. The number of hydrogen-bond acceptors (Lipinski definition) is 3. The largest absolute Gasteiger partial charge is 0.508 e. The van der Waals surface area contributed by atoms with Crippen molar-refractivity contribution < 1.29 is 5.11 Å². The number of phenolic OH excluding ortho intramolecular Hbond substituents is 1. The van der Waals surface area contributed by atoms with Crippen LogP contribution in [0.15, 0.2) is 66.7 Å². The van der Waals surface area contributed by atoms with Gasteiger partial charge in [-0.05, 0) is 41.8 Å². The first-order valence-electron chi connectivity index (χ1n) is 8.87. The molecular weight excluding hydrogens is 322 g/mol. The van der Waals surface area contributed by atoms with E-state index in [0.29, 0.717) is 0 Å². The minimum Gasteiger partial charge on any atom is -0.508 e. The molecule has 1 aliphatic heterocycles. The first-order valence-corrected chi connectivity index (χ1v) is 8.87. The van der Waals surface area contributed by atoms with Crippen LogP contribution in [0.3, 0.4) is 0 Å². The molecule has 0 fully saturated rings. The molecule has 4 heteroatoms. The van der Waals surface area contributed by atoms with Gasteiger partial charge < -0.3 is 15.0 Å². The van der Waals surface area contributed by atoms with E-state index < -0.39 is 0 Å². The third kappa shape index (κ3) is 2.60. The van der Waals surface area contributed by atoms with Crippen molar-refractivity contribution in [1.29, 1.82) is 0 Å². The van der Waals surface area contributed by atoms with Gasteiger partial charge in [0, 0.05) is 30.4 Å². The molecule has 0 radical (unpaired) electrons. The number of nitrogens with zero attached hydrogens (tertiary/aromatic N) is 2. The Morgan fingerprint density at radius 1 is 0.923 bits per heavy atom. The fraction of sp³-hybridized carbons (Fsp3) is 0.136. The standard InChI is InChI=1S/C22H19N3O/c26-19-8-9-20-21(13-19)24-22(23-20)16-6-3-7-18(12-16)25-11-10-15-4-1-2-5-17(15)14-25/h1-9,12-13,26H,10-11,14H2,(H,23,24). The molecule has 0 atom stereocenters. The molecule has 0 saturated heterocycles. The lowest BCUT2D eigenvalue weighted by Crippen LogP contribution is -2.30. The van der Waals surface area contributed by atoms with Gasteiger partial charge in [0.15, 0.2) is 0 Å². The highest BCUT2D eigenvalue weighted by Crippen LogP contribution is 2.29. The number of aromatic nitrogens is 2. The lowest BCUT2D eigenvalue weighted by Gasteiger charge is -2.31. The Kier molecular flexibility index (Phi) is 3.42. The maximum atomic E-state index is 9.65. The van der Waals surface area contributed by atoms with Gasteiger partial charge in [0.05, 0.1) is 11.0 Å². The molecule has 3 aromatic carbocycles. The number of hydrogen-bond donors (Lipinski definition) is 2. The number of nitrogens with one attached hydrogen (secondary N) is 1. The molecule has 0 saturated carbocycles. The van der Waals surface area contributed by atoms with E-state index in [1.165, 1.54) is 16.8 Å². The van der Waals surface area contributed by atoms with E-state index in [1.54, 1.807) is 12.1 Å². The van der Waals surface area contributed by atoms with Crippen molar-refractivity contribution in [3.8, 4) is 17.1 Å². The first-order chi connectivity index (χ1) is 12.8. The van der Waals surface area contributed by atoms with Gasteiger partial charge in [0.1, 0.15) is 11.6 Å². The molecule has 128 valence electrons. The second kappa shape index (κ2) is 5.92. The van der Waals surface area contributed by atoms with Crippen LogP contribution in [0.5, 0.6) is 5.75 Å². The highest BCUT2D eigenvalue weighted by Gasteiger charge is 2.17. The second-order valence-corrected chi connectivity index (χ2v) is 6.78. The fourth-order valence-electron chi connectivity index (χ4n) is 3.70. The van der Waals surface area contributed by atoms with Crippen LogP contribution in [0.1, 0.15) is 11.1 Å². The van der Waals surface area contributed by atoms with E-state index in [1.807, 2.05) is 6.07 Å². The summed E-state index contributed by atoms with van der Waals surface area (Å²) in [5.74, 6) is 1.07.